The van der Waals surface area contributed by atoms with Gasteiger partial charge in [0.25, 0.3) is 0 Å². The number of ether oxygens (including phenoxy) is 1. The van der Waals surface area contributed by atoms with Gasteiger partial charge in [-0.25, -0.2) is 0 Å². The highest BCUT2D eigenvalue weighted by Gasteiger charge is 2.08. The van der Waals surface area contributed by atoms with Gasteiger partial charge in [-0.3, -0.25) is 0 Å². The number of aryl methyl sites for hydroxylation is 1. The van der Waals surface area contributed by atoms with Crippen LogP contribution in [0.1, 0.15) is 25.8 Å². The predicted molar refractivity (Wildman–Crippen MR) is 84.9 cm³/mol. The minimum atomic E-state index is 0.687. The summed E-state index contributed by atoms with van der Waals surface area (Å²) in [5, 5.41) is 12.7. The van der Waals surface area contributed by atoms with Crippen LogP contribution in [0, 0.1) is 12.8 Å². The molecule has 0 atom stereocenters. The molecule has 6 heteroatoms. The van der Waals surface area contributed by atoms with Crippen LogP contribution in [-0.2, 0) is 4.74 Å². The summed E-state index contributed by atoms with van der Waals surface area (Å²) in [6.07, 6.45) is 1.10. The monoisotopic (exact) mass is 306 g/mol. The zero-order chi connectivity index (χ0) is 15.1. The van der Waals surface area contributed by atoms with E-state index in [0.29, 0.717) is 5.92 Å². The van der Waals surface area contributed by atoms with E-state index in [0.717, 1.165) is 36.2 Å². The minimum Gasteiger partial charge on any atom is -0.381 e. The molecule has 0 saturated carbocycles. The number of nitrogens with zero attached hydrogens (tertiary/aromatic N) is 4. The van der Waals surface area contributed by atoms with Crippen LogP contribution in [0.3, 0.4) is 0 Å². The van der Waals surface area contributed by atoms with Crippen LogP contribution < -0.4 is 0 Å². The largest absolute Gasteiger partial charge is 0.381 e. The van der Waals surface area contributed by atoms with Crippen molar-refractivity contribution < 1.29 is 4.74 Å². The summed E-state index contributed by atoms with van der Waals surface area (Å²) in [7, 11) is 0. The lowest BCUT2D eigenvalue weighted by molar-refractivity contribution is 0.138. The number of tetrazole rings is 1. The smallest absolute Gasteiger partial charge is 0.214 e. The molecule has 1 aromatic heterocycles. The first-order valence-corrected chi connectivity index (χ1v) is 8.21. The number of aromatic nitrogens is 4. The van der Waals surface area contributed by atoms with Gasteiger partial charge in [-0.05, 0) is 41.8 Å². The first-order chi connectivity index (χ1) is 10.2. The van der Waals surface area contributed by atoms with E-state index in [-0.39, 0.29) is 0 Å². The predicted octanol–water partition coefficient (Wildman–Crippen LogP) is 3.13. The minimum absolute atomic E-state index is 0.687. The molecule has 5 nitrogen and oxygen atoms in total. The lowest BCUT2D eigenvalue weighted by atomic mass is 10.1. The third-order valence-electron chi connectivity index (χ3n) is 3.02. The third kappa shape index (κ3) is 5.13. The van der Waals surface area contributed by atoms with E-state index >= 15 is 0 Å². The van der Waals surface area contributed by atoms with E-state index < -0.39 is 0 Å². The van der Waals surface area contributed by atoms with Gasteiger partial charge in [0, 0.05) is 12.4 Å². The second-order valence-electron chi connectivity index (χ2n) is 5.35. The fourth-order valence-corrected chi connectivity index (χ4v) is 2.47. The van der Waals surface area contributed by atoms with Crippen LogP contribution in [-0.4, -0.2) is 39.2 Å². The molecule has 0 unspecified atom stereocenters. The van der Waals surface area contributed by atoms with E-state index in [9.17, 15) is 0 Å². The van der Waals surface area contributed by atoms with Gasteiger partial charge in [0.15, 0.2) is 0 Å². The Balaban J connectivity index is 1.82. The van der Waals surface area contributed by atoms with Crippen molar-refractivity contribution in [3.05, 3.63) is 29.8 Å². The van der Waals surface area contributed by atoms with Crippen molar-refractivity contribution in [1.29, 1.82) is 0 Å². The van der Waals surface area contributed by atoms with Crippen molar-refractivity contribution in [3.8, 4) is 5.69 Å². The number of benzene rings is 1. The van der Waals surface area contributed by atoms with E-state index in [4.69, 9.17) is 4.74 Å². The van der Waals surface area contributed by atoms with E-state index in [1.165, 1.54) is 5.56 Å². The molecular formula is C15H22N4OS. The molecule has 0 saturated heterocycles. The molecule has 1 heterocycles. The lowest BCUT2D eigenvalue weighted by Gasteiger charge is -2.06. The third-order valence-corrected chi connectivity index (χ3v) is 3.90. The van der Waals surface area contributed by atoms with Crippen LogP contribution in [0.25, 0.3) is 5.69 Å². The van der Waals surface area contributed by atoms with Crippen molar-refractivity contribution in [1.82, 2.24) is 20.2 Å². The van der Waals surface area contributed by atoms with E-state index in [1.807, 2.05) is 12.1 Å². The average Bonchev–Trinajstić information content (AvgIpc) is 2.91. The molecule has 1 aromatic carbocycles. The summed E-state index contributed by atoms with van der Waals surface area (Å²) >= 11 is 1.61. The number of hydrogen-bond donors (Lipinski definition) is 0. The van der Waals surface area contributed by atoms with Crippen LogP contribution in [0.2, 0.25) is 0 Å². The molecule has 0 radical (unpaired) electrons. The second kappa shape index (κ2) is 8.14. The van der Waals surface area contributed by atoms with Crippen LogP contribution in [0.15, 0.2) is 29.4 Å². The molecular weight excluding hydrogens is 284 g/mol. The normalized spacial score (nSPS) is 11.2. The molecule has 0 aliphatic rings. The van der Waals surface area contributed by atoms with Gasteiger partial charge < -0.3 is 4.74 Å². The Morgan fingerprint density at radius 1 is 1.19 bits per heavy atom. The van der Waals surface area contributed by atoms with Crippen LogP contribution >= 0.6 is 11.8 Å². The maximum atomic E-state index is 5.61. The maximum absolute atomic E-state index is 5.61. The Labute approximate surface area is 130 Å². The molecule has 0 N–H and O–H groups in total. The first kappa shape index (κ1) is 16.0. The fourth-order valence-electron chi connectivity index (χ4n) is 1.73. The van der Waals surface area contributed by atoms with Gasteiger partial charge in [0.1, 0.15) is 0 Å². The molecule has 0 spiro atoms. The summed E-state index contributed by atoms with van der Waals surface area (Å²) in [5.41, 5.74) is 2.20. The molecule has 2 aromatic rings. The highest BCUT2D eigenvalue weighted by atomic mass is 32.2. The molecule has 0 aliphatic heterocycles. The van der Waals surface area contributed by atoms with Crippen molar-refractivity contribution >= 4 is 11.8 Å². The number of rotatable bonds is 8. The molecule has 114 valence electrons. The highest BCUT2D eigenvalue weighted by molar-refractivity contribution is 7.99. The van der Waals surface area contributed by atoms with Gasteiger partial charge in [-0.15, -0.1) is 5.10 Å². The number of thioether (sulfide) groups is 1. The van der Waals surface area contributed by atoms with Gasteiger partial charge in [-0.1, -0.05) is 43.3 Å². The molecule has 0 fully saturated rings. The lowest BCUT2D eigenvalue weighted by Crippen LogP contribution is -2.04. The summed E-state index contributed by atoms with van der Waals surface area (Å²) < 4.78 is 7.37. The molecule has 0 bridgehead atoms. The van der Waals surface area contributed by atoms with Crippen molar-refractivity contribution in [3.63, 3.8) is 0 Å². The van der Waals surface area contributed by atoms with Crippen LogP contribution in [0.4, 0.5) is 0 Å². The zero-order valence-electron chi connectivity index (χ0n) is 12.8. The Morgan fingerprint density at radius 3 is 2.67 bits per heavy atom. The van der Waals surface area contributed by atoms with Crippen molar-refractivity contribution in [2.45, 2.75) is 32.3 Å². The average molecular weight is 306 g/mol. The zero-order valence-corrected chi connectivity index (χ0v) is 13.6. The second-order valence-corrected chi connectivity index (χ2v) is 6.41. The van der Waals surface area contributed by atoms with Gasteiger partial charge >= 0.3 is 0 Å². The summed E-state index contributed by atoms with van der Waals surface area (Å²) in [6, 6.07) is 8.16. The van der Waals surface area contributed by atoms with Crippen molar-refractivity contribution in [2.24, 2.45) is 5.92 Å². The fraction of sp³-hybridized carbons (Fsp3) is 0.533. The maximum Gasteiger partial charge on any atom is 0.214 e. The Morgan fingerprint density at radius 2 is 1.95 bits per heavy atom. The highest BCUT2D eigenvalue weighted by Crippen LogP contribution is 2.18. The Bertz CT molecular complexity index is 539. The van der Waals surface area contributed by atoms with Gasteiger partial charge in [0.05, 0.1) is 12.3 Å². The molecule has 0 aliphatic carbocycles. The Hall–Kier alpha value is -1.40. The van der Waals surface area contributed by atoms with Crippen molar-refractivity contribution in [2.75, 3.05) is 19.0 Å². The van der Waals surface area contributed by atoms with Gasteiger partial charge in [0.2, 0.25) is 5.16 Å². The Kier molecular flexibility index (Phi) is 6.20. The quantitative estimate of drug-likeness (QED) is 0.554. The van der Waals surface area contributed by atoms with E-state index in [2.05, 4.69) is 48.4 Å². The topological polar surface area (TPSA) is 52.8 Å². The van der Waals surface area contributed by atoms with Crippen LogP contribution in [0.5, 0.6) is 0 Å². The first-order valence-electron chi connectivity index (χ1n) is 7.23. The number of hydrogen-bond acceptors (Lipinski definition) is 5. The van der Waals surface area contributed by atoms with E-state index in [1.54, 1.807) is 16.4 Å². The standard InChI is InChI=1S/C15H22N4OS/c1-12(2)8-9-20-10-11-21-15-16-17-18-19(15)14-6-4-13(3)5-7-14/h4-7,12H,8-11H2,1-3H3. The summed E-state index contributed by atoms with van der Waals surface area (Å²) in [6.45, 7) is 8.01. The summed E-state index contributed by atoms with van der Waals surface area (Å²) in [5.74, 6) is 1.54. The molecule has 2 rings (SSSR count). The SMILES string of the molecule is Cc1ccc(-n2nnnc2SCCOCCC(C)C)cc1. The summed E-state index contributed by atoms with van der Waals surface area (Å²) in [4.78, 5) is 0. The molecule has 0 amide bonds. The molecule has 21 heavy (non-hydrogen) atoms. The van der Waals surface area contributed by atoms with Gasteiger partial charge in [-0.2, -0.15) is 4.68 Å².